The van der Waals surface area contributed by atoms with Crippen molar-refractivity contribution in [2.75, 3.05) is 13.2 Å². The number of ether oxygens (including phenoxy) is 2. The molecular weight excluding hydrogens is 236 g/mol. The van der Waals surface area contributed by atoms with E-state index in [9.17, 15) is 4.79 Å². The van der Waals surface area contributed by atoms with Gasteiger partial charge in [0.25, 0.3) is 0 Å². The summed E-state index contributed by atoms with van der Waals surface area (Å²) in [5.74, 6) is 0.263. The van der Waals surface area contributed by atoms with Gasteiger partial charge in [0.2, 0.25) is 0 Å². The topological polar surface area (TPSA) is 35.5 Å². The van der Waals surface area contributed by atoms with Crippen molar-refractivity contribution in [3.8, 4) is 5.75 Å². The van der Waals surface area contributed by atoms with Crippen LogP contribution in [0, 0.1) is 0 Å². The number of halogens is 1. The zero-order valence-corrected chi connectivity index (χ0v) is 8.33. The third-order valence-corrected chi connectivity index (χ3v) is 2.23. The molecule has 1 aromatic carbocycles. The molecule has 0 aliphatic carbocycles. The summed E-state index contributed by atoms with van der Waals surface area (Å²) in [6, 6.07) is 5.28. The average molecular weight is 243 g/mol. The van der Waals surface area contributed by atoms with Gasteiger partial charge in [0, 0.05) is 4.47 Å². The van der Waals surface area contributed by atoms with Gasteiger partial charge in [-0.1, -0.05) is 15.9 Å². The van der Waals surface area contributed by atoms with Crippen molar-refractivity contribution >= 4 is 21.9 Å². The van der Waals surface area contributed by atoms with Crippen LogP contribution in [0.5, 0.6) is 5.75 Å². The Morgan fingerprint density at radius 2 is 2.00 bits per heavy atom. The molecule has 2 rings (SSSR count). The fraction of sp³-hybridized carbons (Fsp3) is 0.222. The molecule has 0 aromatic heterocycles. The molecule has 0 fully saturated rings. The molecule has 0 radical (unpaired) electrons. The van der Waals surface area contributed by atoms with Gasteiger partial charge in [0.15, 0.2) is 0 Å². The minimum atomic E-state index is -0.325. The highest BCUT2D eigenvalue weighted by molar-refractivity contribution is 9.10. The molecule has 0 saturated carbocycles. The number of hydrogen-bond acceptors (Lipinski definition) is 3. The number of hydrogen-bond donors (Lipinski definition) is 0. The highest BCUT2D eigenvalue weighted by Gasteiger charge is 2.17. The first-order valence-corrected chi connectivity index (χ1v) is 4.66. The van der Waals surface area contributed by atoms with E-state index in [-0.39, 0.29) is 5.97 Å². The lowest BCUT2D eigenvalue weighted by atomic mass is 10.2. The third-order valence-electron chi connectivity index (χ3n) is 1.74. The van der Waals surface area contributed by atoms with Gasteiger partial charge in [0.05, 0.1) is 0 Å². The summed E-state index contributed by atoms with van der Waals surface area (Å²) in [6.45, 7) is 0.728. The normalized spacial score (nSPS) is 15.3. The maximum atomic E-state index is 11.3. The molecule has 1 heterocycles. The van der Waals surface area contributed by atoms with Crippen LogP contribution in [0.4, 0.5) is 0 Å². The molecule has 0 N–H and O–H groups in total. The Bertz CT molecular complexity index is 349. The van der Waals surface area contributed by atoms with Gasteiger partial charge in [-0.2, -0.15) is 0 Å². The van der Waals surface area contributed by atoms with E-state index in [1.54, 1.807) is 12.1 Å². The summed E-state index contributed by atoms with van der Waals surface area (Å²) < 4.78 is 11.0. The standard InChI is InChI=1S/C9H7BrO3/c10-6-1-2-8-7(5-6)9(11)13-4-3-12-8/h1-2,5H,3-4H2. The summed E-state index contributed by atoms with van der Waals surface area (Å²) in [5.41, 5.74) is 0.479. The molecule has 13 heavy (non-hydrogen) atoms. The van der Waals surface area contributed by atoms with Crippen LogP contribution in [0.3, 0.4) is 0 Å². The summed E-state index contributed by atoms with van der Waals surface area (Å²) in [6.07, 6.45) is 0. The molecule has 0 atom stereocenters. The van der Waals surface area contributed by atoms with E-state index in [1.165, 1.54) is 0 Å². The zero-order valence-electron chi connectivity index (χ0n) is 6.75. The van der Waals surface area contributed by atoms with Crippen molar-refractivity contribution in [3.05, 3.63) is 28.2 Å². The van der Waals surface area contributed by atoms with Gasteiger partial charge < -0.3 is 9.47 Å². The number of carbonyl (C=O) groups excluding carboxylic acids is 1. The number of cyclic esters (lactones) is 1. The van der Waals surface area contributed by atoms with Crippen LogP contribution >= 0.6 is 15.9 Å². The second-order valence-corrected chi connectivity index (χ2v) is 3.54. The fourth-order valence-corrected chi connectivity index (χ4v) is 1.51. The lowest BCUT2D eigenvalue weighted by Gasteiger charge is -2.03. The highest BCUT2D eigenvalue weighted by atomic mass is 79.9. The number of esters is 1. The Labute approximate surface area is 83.8 Å². The van der Waals surface area contributed by atoms with Gasteiger partial charge >= 0.3 is 5.97 Å². The van der Waals surface area contributed by atoms with Crippen molar-refractivity contribution < 1.29 is 14.3 Å². The second-order valence-electron chi connectivity index (χ2n) is 2.62. The van der Waals surface area contributed by atoms with Crippen LogP contribution < -0.4 is 4.74 Å². The molecule has 0 bridgehead atoms. The van der Waals surface area contributed by atoms with Crippen LogP contribution in [0.2, 0.25) is 0 Å². The molecular formula is C9H7BrO3. The van der Waals surface area contributed by atoms with Crippen molar-refractivity contribution in [2.45, 2.75) is 0 Å². The summed E-state index contributed by atoms with van der Waals surface area (Å²) in [7, 11) is 0. The molecule has 0 unspecified atom stereocenters. The maximum Gasteiger partial charge on any atom is 0.342 e. The van der Waals surface area contributed by atoms with E-state index in [0.29, 0.717) is 24.5 Å². The first kappa shape index (κ1) is 8.56. The fourth-order valence-electron chi connectivity index (χ4n) is 1.15. The Morgan fingerprint density at radius 1 is 1.23 bits per heavy atom. The predicted octanol–water partition coefficient (Wildman–Crippen LogP) is 2.00. The van der Waals surface area contributed by atoms with Crippen LogP contribution in [0.1, 0.15) is 10.4 Å². The van der Waals surface area contributed by atoms with Crippen molar-refractivity contribution in [2.24, 2.45) is 0 Å². The SMILES string of the molecule is O=C1OCCOc2ccc(Br)cc21. The number of rotatable bonds is 0. The number of fused-ring (bicyclic) bond motifs is 1. The van der Waals surface area contributed by atoms with Crippen molar-refractivity contribution in [3.63, 3.8) is 0 Å². The molecule has 0 saturated heterocycles. The quantitative estimate of drug-likeness (QED) is 0.653. The minimum absolute atomic E-state index is 0.311. The third kappa shape index (κ3) is 1.67. The maximum absolute atomic E-state index is 11.3. The Kier molecular flexibility index (Phi) is 2.22. The first-order chi connectivity index (χ1) is 6.27. The monoisotopic (exact) mass is 242 g/mol. The van der Waals surface area contributed by atoms with Crippen LogP contribution in [-0.4, -0.2) is 19.2 Å². The van der Waals surface area contributed by atoms with E-state index in [1.807, 2.05) is 6.07 Å². The van der Waals surface area contributed by atoms with Crippen LogP contribution in [-0.2, 0) is 4.74 Å². The Balaban J connectivity index is 2.49. The lowest BCUT2D eigenvalue weighted by molar-refractivity contribution is 0.0492. The molecule has 3 nitrogen and oxygen atoms in total. The molecule has 0 spiro atoms. The number of carbonyl (C=O) groups is 1. The second kappa shape index (κ2) is 3.38. The van der Waals surface area contributed by atoms with E-state index >= 15 is 0 Å². The number of benzene rings is 1. The highest BCUT2D eigenvalue weighted by Crippen LogP contribution is 2.25. The van der Waals surface area contributed by atoms with Gasteiger partial charge in [-0.05, 0) is 18.2 Å². The summed E-state index contributed by atoms with van der Waals surface area (Å²) >= 11 is 3.28. The molecule has 0 amide bonds. The Morgan fingerprint density at radius 3 is 2.85 bits per heavy atom. The molecule has 1 aromatic rings. The van der Waals surface area contributed by atoms with E-state index in [0.717, 1.165) is 4.47 Å². The van der Waals surface area contributed by atoms with Gasteiger partial charge in [-0.3, -0.25) is 0 Å². The minimum Gasteiger partial charge on any atom is -0.489 e. The molecule has 1 aliphatic heterocycles. The van der Waals surface area contributed by atoms with Crippen LogP contribution in [0.25, 0.3) is 0 Å². The average Bonchev–Trinajstić information content (AvgIpc) is 2.29. The lowest BCUT2D eigenvalue weighted by Crippen LogP contribution is -2.05. The summed E-state index contributed by atoms with van der Waals surface area (Å²) in [5, 5.41) is 0. The zero-order chi connectivity index (χ0) is 9.26. The van der Waals surface area contributed by atoms with Crippen molar-refractivity contribution in [1.29, 1.82) is 0 Å². The van der Waals surface area contributed by atoms with E-state index < -0.39 is 0 Å². The van der Waals surface area contributed by atoms with Crippen LogP contribution in [0.15, 0.2) is 22.7 Å². The largest absolute Gasteiger partial charge is 0.489 e. The molecule has 1 aliphatic rings. The molecule has 4 heteroatoms. The predicted molar refractivity (Wildman–Crippen MR) is 49.9 cm³/mol. The van der Waals surface area contributed by atoms with Crippen molar-refractivity contribution in [1.82, 2.24) is 0 Å². The van der Waals surface area contributed by atoms with E-state index in [2.05, 4.69) is 15.9 Å². The first-order valence-electron chi connectivity index (χ1n) is 3.87. The van der Waals surface area contributed by atoms with Gasteiger partial charge in [0.1, 0.15) is 24.5 Å². The smallest absolute Gasteiger partial charge is 0.342 e. The van der Waals surface area contributed by atoms with Gasteiger partial charge in [-0.25, -0.2) is 4.79 Å². The molecule has 68 valence electrons. The summed E-state index contributed by atoms with van der Waals surface area (Å²) in [4.78, 5) is 11.3. The Hall–Kier alpha value is -1.03. The van der Waals surface area contributed by atoms with Gasteiger partial charge in [-0.15, -0.1) is 0 Å². The van der Waals surface area contributed by atoms with E-state index in [4.69, 9.17) is 9.47 Å².